The summed E-state index contributed by atoms with van der Waals surface area (Å²) in [5, 5.41) is 9.67. The first-order valence-electron chi connectivity index (χ1n) is 7.23. The van der Waals surface area contributed by atoms with Gasteiger partial charge in [-0.25, -0.2) is 0 Å². The van der Waals surface area contributed by atoms with Gasteiger partial charge in [-0.05, 0) is 68.2 Å². The molecule has 1 saturated carbocycles. The molecular weight excluding hydrogens is 224 g/mol. The maximum Gasteiger partial charge on any atom is 0.132 e. The summed E-state index contributed by atoms with van der Waals surface area (Å²) in [5.41, 5.74) is 2.60. The smallest absolute Gasteiger partial charge is 0.132 e. The third kappa shape index (κ3) is 2.26. The van der Waals surface area contributed by atoms with Crippen molar-refractivity contribution in [3.63, 3.8) is 0 Å². The van der Waals surface area contributed by atoms with Crippen LogP contribution in [0.5, 0.6) is 5.75 Å². The van der Waals surface area contributed by atoms with E-state index in [1.165, 1.54) is 49.7 Å². The lowest BCUT2D eigenvalue weighted by atomic mass is 9.85. The van der Waals surface area contributed by atoms with Crippen LogP contribution in [0.2, 0.25) is 0 Å². The van der Waals surface area contributed by atoms with E-state index in [4.69, 9.17) is 4.74 Å². The Morgan fingerprint density at radius 1 is 1.00 bits per heavy atom. The molecule has 0 amide bonds. The zero-order valence-corrected chi connectivity index (χ0v) is 11.0. The third-order valence-corrected chi connectivity index (χ3v) is 4.46. The first-order valence-corrected chi connectivity index (χ1v) is 7.23. The monoisotopic (exact) mass is 246 g/mol. The number of fused-ring (bicyclic) bond motifs is 1. The molecule has 2 aliphatic carbocycles. The molecule has 98 valence electrons. The van der Waals surface area contributed by atoms with Gasteiger partial charge in [0.15, 0.2) is 0 Å². The Hall–Kier alpha value is -1.02. The third-order valence-electron chi connectivity index (χ3n) is 4.46. The highest BCUT2D eigenvalue weighted by Gasteiger charge is 2.33. The predicted octanol–water partition coefficient (Wildman–Crippen LogP) is 3.25. The number of aryl methyl sites for hydroxylation is 2. The molecule has 0 unspecified atom stereocenters. The average Bonchev–Trinajstić information content (AvgIpc) is 2.87. The summed E-state index contributed by atoms with van der Waals surface area (Å²) in [7, 11) is 0. The van der Waals surface area contributed by atoms with Crippen LogP contribution in [-0.2, 0) is 12.8 Å². The van der Waals surface area contributed by atoms with Gasteiger partial charge in [0, 0.05) is 0 Å². The van der Waals surface area contributed by atoms with E-state index in [1.54, 1.807) is 0 Å². The van der Waals surface area contributed by atoms with Crippen molar-refractivity contribution in [1.29, 1.82) is 0 Å². The topological polar surface area (TPSA) is 29.5 Å². The summed E-state index contributed by atoms with van der Waals surface area (Å²) in [4.78, 5) is 0. The van der Waals surface area contributed by atoms with Crippen molar-refractivity contribution in [3.8, 4) is 5.75 Å². The molecule has 18 heavy (non-hydrogen) atoms. The van der Waals surface area contributed by atoms with Gasteiger partial charge < -0.3 is 9.84 Å². The lowest BCUT2D eigenvalue weighted by Gasteiger charge is -2.36. The van der Waals surface area contributed by atoms with E-state index < -0.39 is 0 Å². The molecule has 0 radical (unpaired) electrons. The fourth-order valence-electron chi connectivity index (χ4n) is 3.35. The lowest BCUT2D eigenvalue weighted by Crippen LogP contribution is -2.41. The Balaban J connectivity index is 1.78. The zero-order chi connectivity index (χ0) is 12.4. The van der Waals surface area contributed by atoms with Crippen molar-refractivity contribution in [3.05, 3.63) is 29.3 Å². The van der Waals surface area contributed by atoms with Crippen molar-refractivity contribution < 1.29 is 9.84 Å². The first-order chi connectivity index (χ1) is 8.81. The molecule has 0 atom stereocenters. The summed E-state index contributed by atoms with van der Waals surface area (Å²) >= 11 is 0. The van der Waals surface area contributed by atoms with E-state index >= 15 is 0 Å². The Labute approximate surface area is 109 Å². The highest BCUT2D eigenvalue weighted by molar-refractivity contribution is 5.38. The Bertz CT molecular complexity index is 419. The number of aliphatic hydroxyl groups is 1. The first kappa shape index (κ1) is 12.0. The second kappa shape index (κ2) is 4.93. The van der Waals surface area contributed by atoms with Crippen molar-refractivity contribution in [2.45, 2.75) is 57.0 Å². The molecule has 0 bridgehead atoms. The van der Waals surface area contributed by atoms with E-state index in [0.717, 1.165) is 18.6 Å². The van der Waals surface area contributed by atoms with Crippen LogP contribution in [0, 0.1) is 0 Å². The van der Waals surface area contributed by atoms with Gasteiger partial charge in [-0.3, -0.25) is 0 Å². The minimum absolute atomic E-state index is 0.143. The van der Waals surface area contributed by atoms with Gasteiger partial charge in [-0.15, -0.1) is 0 Å². The molecule has 0 aliphatic heterocycles. The van der Waals surface area contributed by atoms with Crippen LogP contribution >= 0.6 is 0 Å². The van der Waals surface area contributed by atoms with Crippen molar-refractivity contribution in [1.82, 2.24) is 0 Å². The maximum atomic E-state index is 9.67. The van der Waals surface area contributed by atoms with E-state index in [0.29, 0.717) is 0 Å². The molecule has 2 nitrogen and oxygen atoms in total. The quantitative estimate of drug-likeness (QED) is 0.887. The van der Waals surface area contributed by atoms with Crippen molar-refractivity contribution >= 4 is 0 Å². The molecule has 1 fully saturated rings. The molecule has 3 rings (SSSR count). The second-order valence-corrected chi connectivity index (χ2v) is 5.79. The zero-order valence-electron chi connectivity index (χ0n) is 11.0. The minimum atomic E-state index is -0.314. The highest BCUT2D eigenvalue weighted by Crippen LogP contribution is 2.34. The van der Waals surface area contributed by atoms with Crippen LogP contribution in [-0.4, -0.2) is 17.3 Å². The number of rotatable bonds is 3. The van der Waals surface area contributed by atoms with Crippen molar-refractivity contribution in [2.24, 2.45) is 0 Å². The Kier molecular flexibility index (Phi) is 3.29. The Morgan fingerprint density at radius 2 is 1.78 bits per heavy atom. The number of benzene rings is 1. The predicted molar refractivity (Wildman–Crippen MR) is 72.0 cm³/mol. The van der Waals surface area contributed by atoms with Gasteiger partial charge in [-0.1, -0.05) is 12.5 Å². The SMILES string of the molecule is OCC1(Oc2ccc3c(c2)CCC3)CCCCC1. The molecule has 0 spiro atoms. The fourth-order valence-corrected chi connectivity index (χ4v) is 3.35. The van der Waals surface area contributed by atoms with E-state index in [9.17, 15) is 5.11 Å². The van der Waals surface area contributed by atoms with E-state index in [1.807, 2.05) is 0 Å². The largest absolute Gasteiger partial charge is 0.485 e. The normalized spacial score (nSPS) is 21.6. The van der Waals surface area contributed by atoms with Crippen LogP contribution in [0.25, 0.3) is 0 Å². The molecule has 2 heteroatoms. The average molecular weight is 246 g/mol. The molecule has 0 aromatic heterocycles. The molecule has 1 aromatic carbocycles. The molecule has 1 aromatic rings. The van der Waals surface area contributed by atoms with Gasteiger partial charge in [0.25, 0.3) is 0 Å². The summed E-state index contributed by atoms with van der Waals surface area (Å²) in [5.74, 6) is 0.951. The van der Waals surface area contributed by atoms with Crippen LogP contribution in [0.1, 0.15) is 49.7 Å². The molecule has 2 aliphatic rings. The van der Waals surface area contributed by atoms with Gasteiger partial charge >= 0.3 is 0 Å². The highest BCUT2D eigenvalue weighted by atomic mass is 16.5. The van der Waals surface area contributed by atoms with Crippen LogP contribution in [0.3, 0.4) is 0 Å². The van der Waals surface area contributed by atoms with Crippen LogP contribution in [0.4, 0.5) is 0 Å². The molecule has 0 saturated heterocycles. The second-order valence-electron chi connectivity index (χ2n) is 5.79. The standard InChI is InChI=1S/C16H22O2/c17-12-16(9-2-1-3-10-16)18-15-8-7-13-5-4-6-14(13)11-15/h7-8,11,17H,1-6,9-10,12H2. The summed E-state index contributed by atoms with van der Waals surface area (Å²) < 4.78 is 6.17. The van der Waals surface area contributed by atoms with Gasteiger partial charge in [0.05, 0.1) is 6.61 Å². The van der Waals surface area contributed by atoms with Gasteiger partial charge in [-0.2, -0.15) is 0 Å². The number of hydrogen-bond donors (Lipinski definition) is 1. The fraction of sp³-hybridized carbons (Fsp3) is 0.625. The number of ether oxygens (including phenoxy) is 1. The van der Waals surface area contributed by atoms with Crippen LogP contribution < -0.4 is 4.74 Å². The summed E-state index contributed by atoms with van der Waals surface area (Å²) in [6, 6.07) is 6.47. The summed E-state index contributed by atoms with van der Waals surface area (Å²) in [6.45, 7) is 0.143. The lowest BCUT2D eigenvalue weighted by molar-refractivity contribution is -0.0198. The van der Waals surface area contributed by atoms with E-state index in [2.05, 4.69) is 18.2 Å². The molecular formula is C16H22O2. The van der Waals surface area contributed by atoms with Crippen molar-refractivity contribution in [2.75, 3.05) is 6.61 Å². The van der Waals surface area contributed by atoms with Gasteiger partial charge in [0.1, 0.15) is 11.4 Å². The molecule has 0 heterocycles. The summed E-state index contributed by atoms with van der Waals surface area (Å²) in [6.07, 6.45) is 9.25. The van der Waals surface area contributed by atoms with Gasteiger partial charge in [0.2, 0.25) is 0 Å². The van der Waals surface area contributed by atoms with Crippen LogP contribution in [0.15, 0.2) is 18.2 Å². The maximum absolute atomic E-state index is 9.67. The number of hydrogen-bond acceptors (Lipinski definition) is 2. The van der Waals surface area contributed by atoms with E-state index in [-0.39, 0.29) is 12.2 Å². The minimum Gasteiger partial charge on any atom is -0.485 e. The Morgan fingerprint density at radius 3 is 2.56 bits per heavy atom. The number of aliphatic hydroxyl groups excluding tert-OH is 1. The molecule has 1 N–H and O–H groups in total.